The first-order valence-corrected chi connectivity index (χ1v) is 8.33. The molecule has 3 atom stereocenters. The van der Waals surface area contributed by atoms with Gasteiger partial charge in [-0.1, -0.05) is 25.5 Å². The molecule has 0 unspecified atom stereocenters. The van der Waals surface area contributed by atoms with Crippen LogP contribution in [0.5, 0.6) is 0 Å². The Labute approximate surface area is 131 Å². The van der Waals surface area contributed by atoms with Gasteiger partial charge in [0.15, 0.2) is 0 Å². The van der Waals surface area contributed by atoms with Crippen molar-refractivity contribution in [2.24, 2.45) is 17.8 Å². The summed E-state index contributed by atoms with van der Waals surface area (Å²) in [7, 11) is 6.62. The highest BCUT2D eigenvalue weighted by molar-refractivity contribution is 5.73. The van der Waals surface area contributed by atoms with Crippen LogP contribution in [0.15, 0.2) is 11.6 Å². The van der Waals surface area contributed by atoms with E-state index in [1.165, 1.54) is 12.0 Å². The molecule has 1 rings (SSSR count). The molecule has 3 nitrogen and oxygen atoms in total. The van der Waals surface area contributed by atoms with Gasteiger partial charge in [-0.25, -0.2) is 0 Å². The molecule has 1 aliphatic carbocycles. The van der Waals surface area contributed by atoms with Gasteiger partial charge in [-0.15, -0.1) is 0 Å². The highest BCUT2D eigenvalue weighted by Crippen LogP contribution is 2.34. The molecule has 0 aromatic rings. The summed E-state index contributed by atoms with van der Waals surface area (Å²) in [5, 5.41) is 0. The van der Waals surface area contributed by atoms with Crippen LogP contribution in [-0.2, 0) is 4.79 Å². The minimum absolute atomic E-state index is 0.224. The standard InChI is InChI=1S/C18H35N2O/c1-14-11-15(2)18(16(3)12-14)13-19(17(4)21)9-8-10-20(5,6)7/h11,15-16,18H,8-10,12-13H2,1-7H3/q+1/t15-,16-,18+/m1/s1. The zero-order valence-corrected chi connectivity index (χ0v) is 15.1. The molecule has 0 saturated heterocycles. The summed E-state index contributed by atoms with van der Waals surface area (Å²) in [6.07, 6.45) is 4.65. The summed E-state index contributed by atoms with van der Waals surface area (Å²) in [6.45, 7) is 11.5. The van der Waals surface area contributed by atoms with Crippen molar-refractivity contribution in [2.75, 3.05) is 40.8 Å². The van der Waals surface area contributed by atoms with Crippen LogP contribution in [-0.4, -0.2) is 56.1 Å². The SMILES string of the molecule is CC(=O)N(CCC[N+](C)(C)C)C[C@H]1[C@H](C)C=C(C)C[C@H]1C. The Hall–Kier alpha value is -0.830. The molecular formula is C18H35N2O+. The molecule has 1 amide bonds. The topological polar surface area (TPSA) is 20.3 Å². The van der Waals surface area contributed by atoms with Gasteiger partial charge in [0.25, 0.3) is 0 Å². The minimum atomic E-state index is 0.224. The van der Waals surface area contributed by atoms with Crippen LogP contribution in [0.1, 0.15) is 40.5 Å². The summed E-state index contributed by atoms with van der Waals surface area (Å²) < 4.78 is 0.962. The summed E-state index contributed by atoms with van der Waals surface area (Å²) in [6, 6.07) is 0. The second kappa shape index (κ2) is 7.44. The van der Waals surface area contributed by atoms with E-state index in [1.54, 1.807) is 6.92 Å². The van der Waals surface area contributed by atoms with Crippen molar-refractivity contribution in [1.29, 1.82) is 0 Å². The number of allylic oxidation sites excluding steroid dienone is 2. The quantitative estimate of drug-likeness (QED) is 0.544. The smallest absolute Gasteiger partial charge is 0.219 e. The number of carbonyl (C=O) groups excluding carboxylic acids is 1. The first-order valence-electron chi connectivity index (χ1n) is 8.33. The van der Waals surface area contributed by atoms with E-state index in [1.807, 2.05) is 0 Å². The van der Waals surface area contributed by atoms with Crippen molar-refractivity contribution in [2.45, 2.75) is 40.5 Å². The van der Waals surface area contributed by atoms with Gasteiger partial charge in [-0.3, -0.25) is 4.79 Å². The van der Waals surface area contributed by atoms with Gasteiger partial charge in [0.2, 0.25) is 5.91 Å². The molecular weight excluding hydrogens is 260 g/mol. The average Bonchev–Trinajstić information content (AvgIpc) is 2.29. The monoisotopic (exact) mass is 295 g/mol. The zero-order valence-electron chi connectivity index (χ0n) is 15.1. The Kier molecular flexibility index (Phi) is 6.45. The van der Waals surface area contributed by atoms with Gasteiger partial charge in [-0.2, -0.15) is 0 Å². The fourth-order valence-corrected chi connectivity index (χ4v) is 3.53. The second-order valence-electron chi connectivity index (χ2n) is 8.05. The third-order valence-corrected chi connectivity index (χ3v) is 4.73. The van der Waals surface area contributed by atoms with Crippen molar-refractivity contribution in [3.63, 3.8) is 0 Å². The maximum atomic E-state index is 12.0. The van der Waals surface area contributed by atoms with E-state index in [4.69, 9.17) is 0 Å². The molecule has 122 valence electrons. The van der Waals surface area contributed by atoms with Crippen LogP contribution in [0.3, 0.4) is 0 Å². The third-order valence-electron chi connectivity index (χ3n) is 4.73. The second-order valence-corrected chi connectivity index (χ2v) is 8.05. The lowest BCUT2D eigenvalue weighted by molar-refractivity contribution is -0.870. The molecule has 21 heavy (non-hydrogen) atoms. The Morgan fingerprint density at radius 3 is 2.43 bits per heavy atom. The van der Waals surface area contributed by atoms with E-state index in [0.717, 1.165) is 30.5 Å². The highest BCUT2D eigenvalue weighted by Gasteiger charge is 2.29. The number of hydrogen-bond donors (Lipinski definition) is 0. The molecule has 0 bridgehead atoms. The highest BCUT2D eigenvalue weighted by atomic mass is 16.2. The van der Waals surface area contributed by atoms with E-state index >= 15 is 0 Å². The third kappa shape index (κ3) is 6.21. The molecule has 0 aromatic carbocycles. The molecule has 1 aliphatic rings. The predicted octanol–water partition coefficient (Wildman–Crippen LogP) is 3.17. The molecule has 0 saturated carbocycles. The maximum absolute atomic E-state index is 12.0. The van der Waals surface area contributed by atoms with E-state index in [9.17, 15) is 4.79 Å². The van der Waals surface area contributed by atoms with Crippen molar-refractivity contribution in [1.82, 2.24) is 4.90 Å². The molecule has 0 radical (unpaired) electrons. The van der Waals surface area contributed by atoms with Crippen molar-refractivity contribution in [3.8, 4) is 0 Å². The van der Waals surface area contributed by atoms with Gasteiger partial charge in [0, 0.05) is 26.4 Å². The maximum Gasteiger partial charge on any atom is 0.219 e. The molecule has 0 aromatic heterocycles. The number of quaternary nitrogens is 1. The van der Waals surface area contributed by atoms with Crippen molar-refractivity contribution < 1.29 is 9.28 Å². The largest absolute Gasteiger partial charge is 0.342 e. The summed E-state index contributed by atoms with van der Waals surface area (Å²) >= 11 is 0. The van der Waals surface area contributed by atoms with E-state index in [0.29, 0.717) is 17.8 Å². The number of rotatable bonds is 6. The van der Waals surface area contributed by atoms with E-state index < -0.39 is 0 Å². The van der Waals surface area contributed by atoms with Crippen LogP contribution < -0.4 is 0 Å². The predicted molar refractivity (Wildman–Crippen MR) is 90.0 cm³/mol. The van der Waals surface area contributed by atoms with E-state index in [-0.39, 0.29) is 5.91 Å². The van der Waals surface area contributed by atoms with Crippen LogP contribution in [0.4, 0.5) is 0 Å². The normalized spacial score (nSPS) is 26.4. The molecule has 3 heteroatoms. The molecule has 0 spiro atoms. The van der Waals surface area contributed by atoms with Gasteiger partial charge in [0.1, 0.15) is 0 Å². The number of amides is 1. The zero-order chi connectivity index (χ0) is 16.2. The van der Waals surface area contributed by atoms with Gasteiger partial charge in [-0.05, 0) is 31.1 Å². The van der Waals surface area contributed by atoms with Crippen LogP contribution >= 0.6 is 0 Å². The Balaban J connectivity index is 2.60. The Morgan fingerprint density at radius 2 is 1.95 bits per heavy atom. The number of carbonyl (C=O) groups is 1. The lowest BCUT2D eigenvalue weighted by Crippen LogP contribution is -2.42. The Morgan fingerprint density at radius 1 is 1.33 bits per heavy atom. The summed E-state index contributed by atoms with van der Waals surface area (Å²) in [5.74, 6) is 2.07. The van der Waals surface area contributed by atoms with Crippen LogP contribution in [0.25, 0.3) is 0 Å². The molecule has 0 N–H and O–H groups in total. The average molecular weight is 295 g/mol. The van der Waals surface area contributed by atoms with Gasteiger partial charge >= 0.3 is 0 Å². The minimum Gasteiger partial charge on any atom is -0.342 e. The lowest BCUT2D eigenvalue weighted by atomic mass is 9.74. The van der Waals surface area contributed by atoms with Crippen LogP contribution in [0.2, 0.25) is 0 Å². The first kappa shape index (κ1) is 18.2. The van der Waals surface area contributed by atoms with Crippen molar-refractivity contribution >= 4 is 5.91 Å². The Bertz CT molecular complexity index is 381. The molecule has 0 heterocycles. The van der Waals surface area contributed by atoms with Gasteiger partial charge < -0.3 is 9.38 Å². The molecule has 0 aliphatic heterocycles. The summed E-state index contributed by atoms with van der Waals surface area (Å²) in [5.41, 5.74) is 1.51. The van der Waals surface area contributed by atoms with Crippen molar-refractivity contribution in [3.05, 3.63) is 11.6 Å². The van der Waals surface area contributed by atoms with E-state index in [2.05, 4.69) is 52.9 Å². The summed E-state index contributed by atoms with van der Waals surface area (Å²) in [4.78, 5) is 14.0. The lowest BCUT2D eigenvalue weighted by Gasteiger charge is -2.37. The first-order chi connectivity index (χ1) is 9.60. The number of nitrogens with zero attached hydrogens (tertiary/aromatic N) is 2. The fourth-order valence-electron chi connectivity index (χ4n) is 3.53. The molecule has 0 fully saturated rings. The fraction of sp³-hybridized carbons (Fsp3) is 0.833. The van der Waals surface area contributed by atoms with Crippen LogP contribution in [0, 0.1) is 17.8 Å². The van der Waals surface area contributed by atoms with Gasteiger partial charge in [0.05, 0.1) is 27.7 Å². The number of hydrogen-bond acceptors (Lipinski definition) is 1.